The summed E-state index contributed by atoms with van der Waals surface area (Å²) in [7, 11) is 0. The molecule has 1 aromatic heterocycles. The normalized spacial score (nSPS) is 29.1. The summed E-state index contributed by atoms with van der Waals surface area (Å²) in [5.41, 5.74) is 3.13. The van der Waals surface area contributed by atoms with Crippen LogP contribution in [0.25, 0.3) is 5.69 Å². The molecule has 2 atom stereocenters. The summed E-state index contributed by atoms with van der Waals surface area (Å²) in [5, 5.41) is 6.59. The maximum atomic E-state index is 13.9. The number of ether oxygens (including phenoxy) is 1. The van der Waals surface area contributed by atoms with Crippen LogP contribution >= 0.6 is 0 Å². The molecule has 138 valence electrons. The SMILES string of the molecule is CC1(NC(=O)c2cnn(-c3ccccc3F)c2N)CCOC12CC2(F)F. The van der Waals surface area contributed by atoms with E-state index in [2.05, 4.69) is 10.4 Å². The molecular formula is C17H17F3N4O2. The Morgan fingerprint density at radius 1 is 1.38 bits per heavy atom. The van der Waals surface area contributed by atoms with E-state index < -0.39 is 35.2 Å². The zero-order valence-corrected chi connectivity index (χ0v) is 13.9. The number of benzene rings is 1. The molecule has 4 rings (SSSR count). The first kappa shape index (κ1) is 16.9. The largest absolute Gasteiger partial charge is 0.383 e. The number of alkyl halides is 2. The van der Waals surface area contributed by atoms with Gasteiger partial charge in [0.2, 0.25) is 0 Å². The zero-order valence-electron chi connectivity index (χ0n) is 13.9. The van der Waals surface area contributed by atoms with Crippen molar-refractivity contribution in [2.24, 2.45) is 0 Å². The lowest BCUT2D eigenvalue weighted by Crippen LogP contribution is -2.55. The number of hydrogen-bond donors (Lipinski definition) is 2. The van der Waals surface area contributed by atoms with Crippen LogP contribution < -0.4 is 11.1 Å². The summed E-state index contributed by atoms with van der Waals surface area (Å²) in [6, 6.07) is 5.83. The molecule has 2 heterocycles. The number of carbonyl (C=O) groups is 1. The highest BCUT2D eigenvalue weighted by Gasteiger charge is 2.82. The number of aromatic nitrogens is 2. The number of anilines is 1. The van der Waals surface area contributed by atoms with Gasteiger partial charge < -0.3 is 15.8 Å². The molecule has 1 amide bonds. The molecule has 1 saturated carbocycles. The Hall–Kier alpha value is -2.55. The molecule has 26 heavy (non-hydrogen) atoms. The molecule has 9 heteroatoms. The first-order chi connectivity index (χ1) is 12.2. The second-order valence-electron chi connectivity index (χ2n) is 6.90. The van der Waals surface area contributed by atoms with Crippen molar-refractivity contribution in [2.75, 3.05) is 12.3 Å². The summed E-state index contributed by atoms with van der Waals surface area (Å²) in [5.74, 6) is -4.26. The third kappa shape index (κ3) is 2.16. The highest BCUT2D eigenvalue weighted by Crippen LogP contribution is 2.64. The van der Waals surface area contributed by atoms with Gasteiger partial charge in [-0.2, -0.15) is 5.10 Å². The number of nitrogens with zero attached hydrogens (tertiary/aromatic N) is 2. The van der Waals surface area contributed by atoms with E-state index in [0.717, 1.165) is 4.68 Å². The van der Waals surface area contributed by atoms with Gasteiger partial charge in [0.25, 0.3) is 11.8 Å². The van der Waals surface area contributed by atoms with Crippen molar-refractivity contribution in [3.05, 3.63) is 41.8 Å². The highest BCUT2D eigenvalue weighted by atomic mass is 19.3. The fourth-order valence-corrected chi connectivity index (χ4v) is 3.64. The van der Waals surface area contributed by atoms with Crippen LogP contribution in [0.15, 0.2) is 30.5 Å². The highest BCUT2D eigenvalue weighted by molar-refractivity contribution is 5.99. The Morgan fingerprint density at radius 2 is 2.08 bits per heavy atom. The molecule has 0 bridgehead atoms. The summed E-state index contributed by atoms with van der Waals surface area (Å²) >= 11 is 0. The Bertz CT molecular complexity index is 896. The van der Waals surface area contributed by atoms with Crippen molar-refractivity contribution in [1.82, 2.24) is 15.1 Å². The number of nitrogen functional groups attached to an aromatic ring is 1. The Labute approximate surface area is 147 Å². The first-order valence-corrected chi connectivity index (χ1v) is 8.13. The maximum Gasteiger partial charge on any atom is 0.282 e. The summed E-state index contributed by atoms with van der Waals surface area (Å²) in [6.45, 7) is 1.67. The fourth-order valence-electron chi connectivity index (χ4n) is 3.64. The lowest BCUT2D eigenvalue weighted by molar-refractivity contribution is -0.0484. The van der Waals surface area contributed by atoms with Crippen LogP contribution in [0.2, 0.25) is 0 Å². The van der Waals surface area contributed by atoms with Crippen LogP contribution in [-0.4, -0.2) is 39.4 Å². The molecule has 1 aromatic carbocycles. The topological polar surface area (TPSA) is 82.2 Å². The van der Waals surface area contributed by atoms with Gasteiger partial charge in [0.1, 0.15) is 22.9 Å². The van der Waals surface area contributed by atoms with Crippen molar-refractivity contribution < 1.29 is 22.7 Å². The third-order valence-electron chi connectivity index (χ3n) is 5.30. The van der Waals surface area contributed by atoms with Crippen LogP contribution in [0.1, 0.15) is 30.1 Å². The molecule has 1 saturated heterocycles. The lowest BCUT2D eigenvalue weighted by atomic mass is 9.90. The number of carbonyl (C=O) groups excluding carboxylic acids is 1. The molecule has 2 aliphatic rings. The van der Waals surface area contributed by atoms with E-state index in [1.165, 1.54) is 31.3 Å². The summed E-state index contributed by atoms with van der Waals surface area (Å²) in [6.07, 6.45) is 1.02. The van der Waals surface area contributed by atoms with Crippen LogP contribution in [0, 0.1) is 5.82 Å². The molecule has 2 fully saturated rings. The average molecular weight is 366 g/mol. The summed E-state index contributed by atoms with van der Waals surface area (Å²) < 4.78 is 48.0. The van der Waals surface area contributed by atoms with Crippen LogP contribution in [0.3, 0.4) is 0 Å². The first-order valence-electron chi connectivity index (χ1n) is 8.13. The van der Waals surface area contributed by atoms with E-state index in [4.69, 9.17) is 10.5 Å². The Morgan fingerprint density at radius 3 is 2.73 bits per heavy atom. The molecule has 0 radical (unpaired) electrons. The Balaban J connectivity index is 1.62. The van der Waals surface area contributed by atoms with Gasteiger partial charge in [-0.05, 0) is 25.5 Å². The number of nitrogens with one attached hydrogen (secondary N) is 1. The van der Waals surface area contributed by atoms with Gasteiger partial charge in [-0.15, -0.1) is 0 Å². The minimum atomic E-state index is -2.98. The lowest BCUT2D eigenvalue weighted by Gasteiger charge is -2.31. The molecule has 2 aromatic rings. The van der Waals surface area contributed by atoms with E-state index in [1.807, 2.05) is 0 Å². The minimum absolute atomic E-state index is 0.0134. The van der Waals surface area contributed by atoms with Gasteiger partial charge in [-0.25, -0.2) is 17.9 Å². The van der Waals surface area contributed by atoms with Gasteiger partial charge in [0, 0.05) is 0 Å². The van der Waals surface area contributed by atoms with Crippen molar-refractivity contribution in [2.45, 2.75) is 36.8 Å². The van der Waals surface area contributed by atoms with Gasteiger partial charge in [0.05, 0.1) is 24.8 Å². The van der Waals surface area contributed by atoms with E-state index in [-0.39, 0.29) is 30.1 Å². The Kier molecular flexibility index (Phi) is 3.40. The smallest absolute Gasteiger partial charge is 0.282 e. The average Bonchev–Trinajstić information content (AvgIpc) is 2.83. The number of amides is 1. The van der Waals surface area contributed by atoms with E-state index >= 15 is 0 Å². The maximum absolute atomic E-state index is 13.9. The fraction of sp³-hybridized carbons (Fsp3) is 0.412. The van der Waals surface area contributed by atoms with Gasteiger partial charge in [-0.3, -0.25) is 4.79 Å². The van der Waals surface area contributed by atoms with Gasteiger partial charge in [-0.1, -0.05) is 12.1 Å². The predicted octanol–water partition coefficient (Wildman–Crippen LogP) is 2.28. The summed E-state index contributed by atoms with van der Waals surface area (Å²) in [4.78, 5) is 12.6. The van der Waals surface area contributed by atoms with Crippen LogP contribution in [-0.2, 0) is 4.74 Å². The van der Waals surface area contributed by atoms with Crippen molar-refractivity contribution in [1.29, 1.82) is 0 Å². The molecule has 6 nitrogen and oxygen atoms in total. The van der Waals surface area contributed by atoms with Crippen molar-refractivity contribution in [3.8, 4) is 5.69 Å². The van der Waals surface area contributed by atoms with E-state index in [1.54, 1.807) is 6.07 Å². The third-order valence-corrected chi connectivity index (χ3v) is 5.30. The van der Waals surface area contributed by atoms with Gasteiger partial charge >= 0.3 is 0 Å². The molecule has 1 spiro atoms. The van der Waals surface area contributed by atoms with Crippen LogP contribution in [0.5, 0.6) is 0 Å². The van der Waals surface area contributed by atoms with Crippen LogP contribution in [0.4, 0.5) is 19.0 Å². The van der Waals surface area contributed by atoms with Gasteiger partial charge in [0.15, 0.2) is 5.60 Å². The number of halogens is 3. The number of nitrogens with two attached hydrogens (primary N) is 1. The number of para-hydroxylation sites is 1. The molecular weight excluding hydrogens is 349 g/mol. The van der Waals surface area contributed by atoms with Crippen molar-refractivity contribution in [3.63, 3.8) is 0 Å². The second kappa shape index (κ2) is 5.23. The second-order valence-corrected chi connectivity index (χ2v) is 6.90. The molecule has 1 aliphatic carbocycles. The van der Waals surface area contributed by atoms with E-state index in [0.29, 0.717) is 0 Å². The molecule has 1 aliphatic heterocycles. The molecule has 3 N–H and O–H groups in total. The molecule has 2 unspecified atom stereocenters. The number of rotatable bonds is 3. The zero-order chi connectivity index (χ0) is 18.7. The van der Waals surface area contributed by atoms with E-state index in [9.17, 15) is 18.0 Å². The van der Waals surface area contributed by atoms with Crippen molar-refractivity contribution >= 4 is 11.7 Å². The predicted molar refractivity (Wildman–Crippen MR) is 86.7 cm³/mol. The number of hydrogen-bond acceptors (Lipinski definition) is 4. The monoisotopic (exact) mass is 366 g/mol. The minimum Gasteiger partial charge on any atom is -0.383 e. The quantitative estimate of drug-likeness (QED) is 0.873. The standard InChI is InChI=1S/C17H17F3N4O2/c1-15(6-7-26-16(15)9-17(16,19)20)23-14(25)10-8-22-24(13(10)21)12-5-3-2-4-11(12)18/h2-5,8H,6-7,9,21H2,1H3,(H,23,25).